The first-order chi connectivity index (χ1) is 13.1. The number of ether oxygens (including phenoxy) is 2. The molecule has 27 heavy (non-hydrogen) atoms. The van der Waals surface area contributed by atoms with Crippen molar-refractivity contribution in [1.82, 2.24) is 9.29 Å². The molecule has 0 saturated carbocycles. The van der Waals surface area contributed by atoms with E-state index in [0.717, 1.165) is 12.0 Å². The van der Waals surface area contributed by atoms with Crippen LogP contribution < -0.4 is 0 Å². The lowest BCUT2D eigenvalue weighted by Crippen LogP contribution is -2.40. The average Bonchev–Trinajstić information content (AvgIpc) is 2.72. The quantitative estimate of drug-likeness (QED) is 0.530. The van der Waals surface area contributed by atoms with E-state index in [1.807, 2.05) is 12.1 Å². The van der Waals surface area contributed by atoms with Gasteiger partial charge in [0.25, 0.3) is 0 Å². The predicted molar refractivity (Wildman–Crippen MR) is 98.9 cm³/mol. The molecule has 0 atom stereocenters. The molecule has 1 saturated heterocycles. The lowest BCUT2D eigenvalue weighted by Gasteiger charge is -2.26. The normalized spacial score (nSPS) is 15.4. The van der Waals surface area contributed by atoms with Gasteiger partial charge in [0, 0.05) is 25.5 Å². The highest BCUT2D eigenvalue weighted by Gasteiger charge is 2.27. The van der Waals surface area contributed by atoms with E-state index in [1.165, 1.54) is 16.4 Å². The number of benzene rings is 1. The predicted octanol–water partition coefficient (Wildman–Crippen LogP) is 1.89. The lowest BCUT2D eigenvalue weighted by atomic mass is 10.1. The van der Waals surface area contributed by atoms with Crippen LogP contribution in [-0.2, 0) is 25.9 Å². The maximum Gasteiger partial charge on any atom is 0.338 e. The topological polar surface area (TPSA) is 85.8 Å². The molecule has 0 amide bonds. The fourth-order valence-corrected chi connectivity index (χ4v) is 4.25. The molecule has 0 unspecified atom stereocenters. The van der Waals surface area contributed by atoms with Crippen molar-refractivity contribution in [3.05, 3.63) is 59.9 Å². The molecule has 3 rings (SSSR count). The number of rotatable bonds is 7. The lowest BCUT2D eigenvalue weighted by molar-refractivity contribution is 0.0500. The zero-order valence-corrected chi connectivity index (χ0v) is 15.7. The summed E-state index contributed by atoms with van der Waals surface area (Å²) in [5.74, 6) is -0.524. The van der Waals surface area contributed by atoms with E-state index in [2.05, 4.69) is 4.98 Å². The number of nitrogens with zero attached hydrogens (tertiary/aromatic N) is 2. The van der Waals surface area contributed by atoms with Gasteiger partial charge in [0.05, 0.1) is 30.3 Å². The van der Waals surface area contributed by atoms with Gasteiger partial charge >= 0.3 is 5.97 Å². The molecular formula is C19H22N2O5S. The smallest absolute Gasteiger partial charge is 0.338 e. The number of aryl methyl sites for hydroxylation is 1. The standard InChI is InChI=1S/C19H22N2O5S/c22-19(26-12-2-3-16-6-8-20-9-7-16)17-4-1-5-18(15-17)27(23,24)21-10-13-25-14-11-21/h1,4-9,15H,2-3,10-14H2. The molecule has 0 aliphatic carbocycles. The molecule has 7 nitrogen and oxygen atoms in total. The van der Waals surface area contributed by atoms with Crippen molar-refractivity contribution in [3.8, 4) is 0 Å². The molecule has 1 fully saturated rings. The SMILES string of the molecule is O=C(OCCCc1ccncc1)c1cccc(S(=O)(=O)N2CCOCC2)c1. The second kappa shape index (κ2) is 9.07. The van der Waals surface area contributed by atoms with Gasteiger partial charge in [0.15, 0.2) is 0 Å². The summed E-state index contributed by atoms with van der Waals surface area (Å²) < 4.78 is 37.2. The summed E-state index contributed by atoms with van der Waals surface area (Å²) in [6, 6.07) is 9.81. The number of hydrogen-bond acceptors (Lipinski definition) is 6. The number of esters is 1. The number of carbonyl (C=O) groups is 1. The molecule has 1 aliphatic heterocycles. The van der Waals surface area contributed by atoms with Crippen LogP contribution in [0.3, 0.4) is 0 Å². The van der Waals surface area contributed by atoms with E-state index in [-0.39, 0.29) is 17.1 Å². The molecule has 8 heteroatoms. The molecule has 2 heterocycles. The van der Waals surface area contributed by atoms with Crippen molar-refractivity contribution < 1.29 is 22.7 Å². The van der Waals surface area contributed by atoms with Crippen LogP contribution in [0.25, 0.3) is 0 Å². The summed E-state index contributed by atoms with van der Waals surface area (Å²) in [4.78, 5) is 16.3. The van der Waals surface area contributed by atoms with E-state index in [9.17, 15) is 13.2 Å². The summed E-state index contributed by atoms with van der Waals surface area (Å²) in [6.07, 6.45) is 4.91. The molecule has 1 aromatic carbocycles. The van der Waals surface area contributed by atoms with Crippen LogP contribution in [0.15, 0.2) is 53.7 Å². The summed E-state index contributed by atoms with van der Waals surface area (Å²) >= 11 is 0. The Balaban J connectivity index is 1.58. The highest BCUT2D eigenvalue weighted by Crippen LogP contribution is 2.19. The van der Waals surface area contributed by atoms with Gasteiger partial charge in [0.1, 0.15) is 0 Å². The van der Waals surface area contributed by atoms with Gasteiger partial charge in [-0.1, -0.05) is 6.07 Å². The number of pyridine rings is 1. The Hall–Kier alpha value is -2.29. The largest absolute Gasteiger partial charge is 0.462 e. The minimum atomic E-state index is -3.64. The van der Waals surface area contributed by atoms with Crippen LogP contribution in [0.1, 0.15) is 22.3 Å². The van der Waals surface area contributed by atoms with Crippen molar-refractivity contribution in [2.75, 3.05) is 32.9 Å². The Morgan fingerprint density at radius 3 is 2.63 bits per heavy atom. The molecular weight excluding hydrogens is 368 g/mol. The molecule has 0 bridgehead atoms. The van der Waals surface area contributed by atoms with Crippen LogP contribution in [-0.4, -0.2) is 56.6 Å². The summed E-state index contributed by atoms with van der Waals surface area (Å²) in [7, 11) is -3.64. The molecule has 0 N–H and O–H groups in total. The van der Waals surface area contributed by atoms with E-state index in [0.29, 0.717) is 32.7 Å². The first-order valence-corrected chi connectivity index (χ1v) is 10.3. The van der Waals surface area contributed by atoms with Crippen molar-refractivity contribution in [1.29, 1.82) is 0 Å². The van der Waals surface area contributed by atoms with Crippen LogP contribution in [0, 0.1) is 0 Å². The summed E-state index contributed by atoms with van der Waals surface area (Å²) in [5, 5.41) is 0. The van der Waals surface area contributed by atoms with Gasteiger partial charge in [-0.05, 0) is 48.7 Å². The first-order valence-electron chi connectivity index (χ1n) is 8.81. The van der Waals surface area contributed by atoms with Gasteiger partial charge in [-0.3, -0.25) is 4.98 Å². The number of hydrogen-bond donors (Lipinski definition) is 0. The average molecular weight is 390 g/mol. The van der Waals surface area contributed by atoms with Crippen LogP contribution in [0.5, 0.6) is 0 Å². The number of sulfonamides is 1. The van der Waals surface area contributed by atoms with E-state index < -0.39 is 16.0 Å². The Bertz CT molecular complexity index is 865. The highest BCUT2D eigenvalue weighted by atomic mass is 32.2. The highest BCUT2D eigenvalue weighted by molar-refractivity contribution is 7.89. The minimum Gasteiger partial charge on any atom is -0.462 e. The maximum absolute atomic E-state index is 12.7. The third-order valence-corrected chi connectivity index (χ3v) is 6.16. The third kappa shape index (κ3) is 5.12. The Morgan fingerprint density at radius 1 is 1.15 bits per heavy atom. The second-order valence-electron chi connectivity index (χ2n) is 6.14. The third-order valence-electron chi connectivity index (χ3n) is 4.27. The monoisotopic (exact) mass is 390 g/mol. The van der Waals surface area contributed by atoms with Crippen LogP contribution in [0.4, 0.5) is 0 Å². The van der Waals surface area contributed by atoms with Gasteiger partial charge in [-0.2, -0.15) is 4.31 Å². The fraction of sp³-hybridized carbons (Fsp3) is 0.368. The van der Waals surface area contributed by atoms with E-state index >= 15 is 0 Å². The fourth-order valence-electron chi connectivity index (χ4n) is 2.79. The second-order valence-corrected chi connectivity index (χ2v) is 8.08. The Labute approximate surface area is 159 Å². The molecule has 0 radical (unpaired) electrons. The minimum absolute atomic E-state index is 0.0932. The van der Waals surface area contributed by atoms with Crippen molar-refractivity contribution in [2.45, 2.75) is 17.7 Å². The van der Waals surface area contributed by atoms with E-state index in [4.69, 9.17) is 9.47 Å². The van der Waals surface area contributed by atoms with Crippen molar-refractivity contribution in [3.63, 3.8) is 0 Å². The van der Waals surface area contributed by atoms with Crippen molar-refractivity contribution in [2.24, 2.45) is 0 Å². The first kappa shape index (κ1) is 19.5. The zero-order valence-electron chi connectivity index (χ0n) is 14.9. The van der Waals surface area contributed by atoms with Gasteiger partial charge in [0.2, 0.25) is 10.0 Å². The van der Waals surface area contributed by atoms with E-state index in [1.54, 1.807) is 24.5 Å². The number of morpholine rings is 1. The Kier molecular flexibility index (Phi) is 6.54. The molecule has 144 valence electrons. The van der Waals surface area contributed by atoms with Gasteiger partial charge < -0.3 is 9.47 Å². The number of carbonyl (C=O) groups excluding carboxylic acids is 1. The molecule has 0 spiro atoms. The number of aromatic nitrogens is 1. The zero-order chi connectivity index (χ0) is 19.1. The Morgan fingerprint density at radius 2 is 1.89 bits per heavy atom. The molecule has 1 aromatic heterocycles. The van der Waals surface area contributed by atoms with Crippen molar-refractivity contribution >= 4 is 16.0 Å². The van der Waals surface area contributed by atoms with Gasteiger partial charge in [-0.15, -0.1) is 0 Å². The van der Waals surface area contributed by atoms with Crippen LogP contribution >= 0.6 is 0 Å². The van der Waals surface area contributed by atoms with Gasteiger partial charge in [-0.25, -0.2) is 13.2 Å². The van der Waals surface area contributed by atoms with Crippen LogP contribution in [0.2, 0.25) is 0 Å². The maximum atomic E-state index is 12.7. The molecule has 2 aromatic rings. The summed E-state index contributed by atoms with van der Waals surface area (Å²) in [6.45, 7) is 1.64. The summed E-state index contributed by atoms with van der Waals surface area (Å²) in [5.41, 5.74) is 1.35. The molecule has 1 aliphatic rings.